The van der Waals surface area contributed by atoms with Crippen LogP contribution >= 0.6 is 15.9 Å². The molecule has 0 unspecified atom stereocenters. The van der Waals surface area contributed by atoms with Crippen LogP contribution in [-0.4, -0.2) is 10.1 Å². The van der Waals surface area contributed by atoms with Gasteiger partial charge in [-0.3, -0.25) is 0 Å². The quantitative estimate of drug-likeness (QED) is 0.782. The number of alkyl halides is 3. The van der Waals surface area contributed by atoms with E-state index in [2.05, 4.69) is 20.9 Å². The lowest BCUT2D eigenvalue weighted by atomic mass is 10.2. The number of hydrogen-bond acceptors (Lipinski definition) is 2. The van der Waals surface area contributed by atoms with E-state index in [-0.39, 0.29) is 10.2 Å². The molecular formula is C7H5BrF3NO. The molecule has 1 aromatic heterocycles. The first kappa shape index (κ1) is 10.5. The molecule has 0 saturated carbocycles. The van der Waals surface area contributed by atoms with Crippen molar-refractivity contribution in [2.24, 2.45) is 0 Å². The monoisotopic (exact) mass is 255 g/mol. The Morgan fingerprint density at radius 2 is 2.08 bits per heavy atom. The van der Waals surface area contributed by atoms with Crippen LogP contribution in [0.25, 0.3) is 0 Å². The van der Waals surface area contributed by atoms with Crippen LogP contribution < -0.4 is 0 Å². The van der Waals surface area contributed by atoms with Crippen molar-refractivity contribution in [2.75, 3.05) is 0 Å². The second-order valence-electron chi connectivity index (χ2n) is 2.33. The Labute approximate surface area is 80.5 Å². The van der Waals surface area contributed by atoms with Crippen molar-refractivity contribution in [2.45, 2.75) is 12.8 Å². The third-order valence-electron chi connectivity index (χ3n) is 1.41. The Morgan fingerprint density at radius 1 is 1.46 bits per heavy atom. The second kappa shape index (κ2) is 3.63. The lowest BCUT2D eigenvalue weighted by molar-refractivity contribution is -0.137. The molecule has 72 valence electrons. The third-order valence-corrected chi connectivity index (χ3v) is 2.12. The second-order valence-corrected chi connectivity index (χ2v) is 3.08. The largest absolute Gasteiger partial charge is 0.417 e. The van der Waals surface area contributed by atoms with Crippen molar-refractivity contribution in [3.63, 3.8) is 0 Å². The van der Waals surface area contributed by atoms with Crippen molar-refractivity contribution in [1.82, 2.24) is 4.98 Å². The number of aliphatic hydroxyl groups is 1. The molecule has 1 rings (SSSR count). The van der Waals surface area contributed by atoms with Gasteiger partial charge in [-0.15, -0.1) is 0 Å². The molecule has 0 spiro atoms. The Hall–Kier alpha value is -0.620. The fraction of sp³-hybridized carbons (Fsp3) is 0.286. The van der Waals surface area contributed by atoms with Gasteiger partial charge >= 0.3 is 6.18 Å². The van der Waals surface area contributed by atoms with Crippen LogP contribution in [0.3, 0.4) is 0 Å². The number of aromatic nitrogens is 1. The van der Waals surface area contributed by atoms with Crippen LogP contribution in [-0.2, 0) is 12.8 Å². The van der Waals surface area contributed by atoms with Crippen LogP contribution in [0.4, 0.5) is 13.2 Å². The van der Waals surface area contributed by atoms with Gasteiger partial charge in [0.25, 0.3) is 0 Å². The molecule has 0 fully saturated rings. The number of aliphatic hydroxyl groups excluding tert-OH is 1. The number of halogens is 4. The average molecular weight is 256 g/mol. The summed E-state index contributed by atoms with van der Waals surface area (Å²) in [5.41, 5.74) is -0.741. The molecule has 0 bridgehead atoms. The van der Waals surface area contributed by atoms with Crippen LogP contribution in [0.2, 0.25) is 0 Å². The molecule has 0 aliphatic heterocycles. The van der Waals surface area contributed by atoms with E-state index < -0.39 is 18.3 Å². The minimum Gasteiger partial charge on any atom is -0.392 e. The zero-order chi connectivity index (χ0) is 10.1. The standard InChI is InChI=1S/C7H5BrF3NO/c8-6-4(3-13)1-5(2-12-6)7(9,10)11/h1-2,13H,3H2. The third kappa shape index (κ3) is 2.41. The highest BCUT2D eigenvalue weighted by Crippen LogP contribution is 2.30. The maximum atomic E-state index is 12.1. The van der Waals surface area contributed by atoms with Gasteiger partial charge < -0.3 is 5.11 Å². The van der Waals surface area contributed by atoms with E-state index in [9.17, 15) is 13.2 Å². The first-order valence-corrected chi connectivity index (χ1v) is 4.07. The first-order chi connectivity index (χ1) is 5.95. The number of nitrogens with zero attached hydrogens (tertiary/aromatic N) is 1. The topological polar surface area (TPSA) is 33.1 Å². The Bertz CT molecular complexity index is 313. The molecule has 1 aromatic rings. The summed E-state index contributed by atoms with van der Waals surface area (Å²) in [5.74, 6) is 0. The summed E-state index contributed by atoms with van der Waals surface area (Å²) in [6, 6.07) is 0.858. The fourth-order valence-electron chi connectivity index (χ4n) is 0.760. The first-order valence-electron chi connectivity index (χ1n) is 3.27. The van der Waals surface area contributed by atoms with E-state index in [0.29, 0.717) is 6.20 Å². The van der Waals surface area contributed by atoms with Crippen LogP contribution in [0.5, 0.6) is 0 Å². The molecule has 1 heterocycles. The summed E-state index contributed by atoms with van der Waals surface area (Å²) in [6.07, 6.45) is -3.71. The highest BCUT2D eigenvalue weighted by atomic mass is 79.9. The lowest BCUT2D eigenvalue weighted by Gasteiger charge is -2.07. The van der Waals surface area contributed by atoms with Gasteiger partial charge in [-0.2, -0.15) is 13.2 Å². The zero-order valence-electron chi connectivity index (χ0n) is 6.27. The summed E-state index contributed by atoms with van der Waals surface area (Å²) in [4.78, 5) is 3.45. The molecule has 0 aliphatic rings. The highest BCUT2D eigenvalue weighted by Gasteiger charge is 2.31. The van der Waals surface area contributed by atoms with E-state index in [1.54, 1.807) is 0 Å². The molecule has 0 radical (unpaired) electrons. The summed E-state index contributed by atoms with van der Waals surface area (Å²) in [7, 11) is 0. The van der Waals surface area contributed by atoms with Crippen LogP contribution in [0.15, 0.2) is 16.9 Å². The molecule has 1 N–H and O–H groups in total. The molecular weight excluding hydrogens is 251 g/mol. The van der Waals surface area contributed by atoms with Crippen LogP contribution in [0, 0.1) is 0 Å². The number of rotatable bonds is 1. The Balaban J connectivity index is 3.14. The molecule has 2 nitrogen and oxygen atoms in total. The number of pyridine rings is 1. The van der Waals surface area contributed by atoms with Gasteiger partial charge in [0.15, 0.2) is 0 Å². The van der Waals surface area contributed by atoms with Crippen molar-refractivity contribution in [3.8, 4) is 0 Å². The summed E-state index contributed by atoms with van der Waals surface area (Å²) in [5, 5.41) is 8.67. The smallest absolute Gasteiger partial charge is 0.392 e. The Morgan fingerprint density at radius 3 is 2.54 bits per heavy atom. The van der Waals surface area contributed by atoms with E-state index >= 15 is 0 Å². The Kier molecular flexibility index (Phi) is 2.92. The molecule has 13 heavy (non-hydrogen) atoms. The van der Waals surface area contributed by atoms with Gasteiger partial charge in [0.05, 0.1) is 12.2 Å². The SMILES string of the molecule is OCc1cc(C(F)(F)F)cnc1Br. The van der Waals surface area contributed by atoms with Gasteiger partial charge in [0.2, 0.25) is 0 Å². The van der Waals surface area contributed by atoms with E-state index in [1.807, 2.05) is 0 Å². The van der Waals surface area contributed by atoms with Gasteiger partial charge in [0.1, 0.15) is 4.60 Å². The van der Waals surface area contributed by atoms with E-state index in [0.717, 1.165) is 6.07 Å². The normalized spacial score (nSPS) is 11.8. The molecule has 0 atom stereocenters. The predicted octanol–water partition coefficient (Wildman–Crippen LogP) is 2.36. The van der Waals surface area contributed by atoms with Gasteiger partial charge in [-0.25, -0.2) is 4.98 Å². The predicted molar refractivity (Wildman–Crippen MR) is 42.9 cm³/mol. The summed E-state index contributed by atoms with van der Waals surface area (Å²) in [6.45, 7) is -0.475. The number of hydrogen-bond donors (Lipinski definition) is 1. The maximum Gasteiger partial charge on any atom is 0.417 e. The van der Waals surface area contributed by atoms with E-state index in [4.69, 9.17) is 5.11 Å². The van der Waals surface area contributed by atoms with Crippen molar-refractivity contribution < 1.29 is 18.3 Å². The van der Waals surface area contributed by atoms with E-state index in [1.165, 1.54) is 0 Å². The minimum atomic E-state index is -4.42. The molecule has 6 heteroatoms. The fourth-order valence-corrected chi connectivity index (χ4v) is 1.10. The molecule has 0 aromatic carbocycles. The van der Waals surface area contributed by atoms with Crippen LogP contribution in [0.1, 0.15) is 11.1 Å². The van der Waals surface area contributed by atoms with Gasteiger partial charge in [-0.1, -0.05) is 0 Å². The lowest BCUT2D eigenvalue weighted by Crippen LogP contribution is -2.06. The molecule has 0 aliphatic carbocycles. The summed E-state index contributed by atoms with van der Waals surface area (Å²) < 4.78 is 36.5. The molecule has 0 saturated heterocycles. The average Bonchev–Trinajstić information content (AvgIpc) is 2.03. The van der Waals surface area contributed by atoms with Crippen molar-refractivity contribution in [1.29, 1.82) is 0 Å². The maximum absolute atomic E-state index is 12.1. The zero-order valence-corrected chi connectivity index (χ0v) is 7.85. The van der Waals surface area contributed by atoms with Gasteiger partial charge in [0, 0.05) is 11.8 Å². The van der Waals surface area contributed by atoms with Crippen molar-refractivity contribution >= 4 is 15.9 Å². The van der Waals surface area contributed by atoms with Crippen molar-refractivity contribution in [3.05, 3.63) is 28.0 Å². The minimum absolute atomic E-state index is 0.120. The van der Waals surface area contributed by atoms with Gasteiger partial charge in [-0.05, 0) is 22.0 Å². The highest BCUT2D eigenvalue weighted by molar-refractivity contribution is 9.10. The molecule has 0 amide bonds. The summed E-state index contributed by atoms with van der Waals surface area (Å²) >= 11 is 2.92.